The zero-order valence-electron chi connectivity index (χ0n) is 16.7. The molecule has 6 nitrogen and oxygen atoms in total. The molecule has 2 N–H and O–H groups in total. The van der Waals surface area contributed by atoms with Crippen molar-refractivity contribution in [1.82, 2.24) is 0 Å². The largest absolute Gasteiger partial charge is 0.492 e. The summed E-state index contributed by atoms with van der Waals surface area (Å²) in [6, 6.07) is 14.1. The molecule has 1 aromatic heterocycles. The number of benzene rings is 2. The van der Waals surface area contributed by atoms with E-state index in [1.54, 1.807) is 30.3 Å². The van der Waals surface area contributed by atoms with Gasteiger partial charge in [-0.15, -0.1) is 11.3 Å². The fraction of sp³-hybridized carbons (Fsp3) is 0.217. The van der Waals surface area contributed by atoms with Crippen LogP contribution in [0.25, 0.3) is 0 Å². The van der Waals surface area contributed by atoms with Gasteiger partial charge in [0.25, 0.3) is 11.8 Å². The van der Waals surface area contributed by atoms with Crippen LogP contribution < -0.4 is 20.1 Å². The molecule has 1 atom stereocenters. The molecule has 1 aliphatic heterocycles. The van der Waals surface area contributed by atoms with Gasteiger partial charge < -0.3 is 20.1 Å². The number of anilines is 2. The highest BCUT2D eigenvalue weighted by molar-refractivity contribution is 7.12. The van der Waals surface area contributed by atoms with Gasteiger partial charge in [0.1, 0.15) is 17.6 Å². The SMILES string of the molecule is CCOc1cc2c(cc1NC(=O)c1cccc(NC(=O)c3cccs3)c1)OC(C)C2. The summed E-state index contributed by atoms with van der Waals surface area (Å²) in [4.78, 5) is 25.8. The minimum atomic E-state index is -0.297. The van der Waals surface area contributed by atoms with Gasteiger partial charge >= 0.3 is 0 Å². The molecule has 0 saturated heterocycles. The van der Waals surface area contributed by atoms with Gasteiger partial charge in [-0.1, -0.05) is 12.1 Å². The van der Waals surface area contributed by atoms with E-state index in [0.29, 0.717) is 34.2 Å². The Morgan fingerprint density at radius 2 is 2.00 bits per heavy atom. The highest BCUT2D eigenvalue weighted by Crippen LogP contribution is 2.38. The van der Waals surface area contributed by atoms with E-state index in [4.69, 9.17) is 9.47 Å². The number of amides is 2. The fourth-order valence-corrected chi connectivity index (χ4v) is 3.96. The van der Waals surface area contributed by atoms with Crippen LogP contribution >= 0.6 is 11.3 Å². The molecule has 0 radical (unpaired) electrons. The third-order valence-electron chi connectivity index (χ3n) is 4.67. The summed E-state index contributed by atoms with van der Waals surface area (Å²) < 4.78 is 11.5. The van der Waals surface area contributed by atoms with E-state index in [0.717, 1.165) is 17.7 Å². The molecule has 2 aromatic carbocycles. The summed E-state index contributed by atoms with van der Waals surface area (Å²) in [6.45, 7) is 4.40. The number of carbonyl (C=O) groups excluding carboxylic acids is 2. The molecule has 154 valence electrons. The van der Waals surface area contributed by atoms with Gasteiger partial charge in [0, 0.05) is 29.3 Å². The zero-order valence-corrected chi connectivity index (χ0v) is 17.5. The van der Waals surface area contributed by atoms with Crippen molar-refractivity contribution in [1.29, 1.82) is 0 Å². The van der Waals surface area contributed by atoms with Crippen molar-refractivity contribution in [2.45, 2.75) is 26.4 Å². The van der Waals surface area contributed by atoms with Crippen molar-refractivity contribution < 1.29 is 19.1 Å². The van der Waals surface area contributed by atoms with Crippen LogP contribution in [0.5, 0.6) is 11.5 Å². The van der Waals surface area contributed by atoms with Crippen molar-refractivity contribution in [2.24, 2.45) is 0 Å². The van der Waals surface area contributed by atoms with Gasteiger partial charge in [0.15, 0.2) is 0 Å². The second-order valence-corrected chi connectivity index (χ2v) is 7.94. The lowest BCUT2D eigenvalue weighted by molar-refractivity contribution is 0.101. The molecule has 30 heavy (non-hydrogen) atoms. The minimum Gasteiger partial charge on any atom is -0.492 e. The van der Waals surface area contributed by atoms with E-state index < -0.39 is 0 Å². The minimum absolute atomic E-state index is 0.101. The number of ether oxygens (including phenoxy) is 2. The first-order chi connectivity index (χ1) is 14.5. The standard InChI is InChI=1S/C23H22N2O4S/c1-3-28-20-12-16-10-14(2)29-19(16)13-18(20)25-22(26)15-6-4-7-17(11-15)24-23(27)21-8-5-9-30-21/h4-9,11-14H,3,10H2,1-2H3,(H,24,27)(H,25,26). The molecule has 0 spiro atoms. The van der Waals surface area contributed by atoms with Gasteiger partial charge in [-0.25, -0.2) is 0 Å². The predicted molar refractivity (Wildman–Crippen MR) is 118 cm³/mol. The maximum Gasteiger partial charge on any atom is 0.265 e. The number of fused-ring (bicyclic) bond motifs is 1. The first-order valence-corrected chi connectivity index (χ1v) is 10.6. The highest BCUT2D eigenvalue weighted by atomic mass is 32.1. The number of hydrogen-bond acceptors (Lipinski definition) is 5. The van der Waals surface area contributed by atoms with Crippen molar-refractivity contribution >= 4 is 34.5 Å². The number of hydrogen-bond donors (Lipinski definition) is 2. The molecule has 2 amide bonds. The van der Waals surface area contributed by atoms with E-state index in [1.165, 1.54) is 11.3 Å². The molecule has 4 rings (SSSR count). The monoisotopic (exact) mass is 422 g/mol. The quantitative estimate of drug-likeness (QED) is 0.588. The molecule has 1 unspecified atom stereocenters. The molecule has 0 fully saturated rings. The van der Waals surface area contributed by atoms with Crippen molar-refractivity contribution in [3.63, 3.8) is 0 Å². The van der Waals surface area contributed by atoms with E-state index >= 15 is 0 Å². The molecule has 0 bridgehead atoms. The molecule has 1 aliphatic rings. The van der Waals surface area contributed by atoms with Crippen molar-refractivity contribution in [3.8, 4) is 11.5 Å². The molecule has 0 saturated carbocycles. The van der Waals surface area contributed by atoms with Gasteiger partial charge in [-0.3, -0.25) is 9.59 Å². The smallest absolute Gasteiger partial charge is 0.265 e. The van der Waals surface area contributed by atoms with Crippen LogP contribution in [0, 0.1) is 0 Å². The molecule has 2 heterocycles. The van der Waals surface area contributed by atoms with Crippen LogP contribution in [0.2, 0.25) is 0 Å². The molecule has 3 aromatic rings. The van der Waals surface area contributed by atoms with E-state index in [-0.39, 0.29) is 17.9 Å². The molecular formula is C23H22N2O4S. The van der Waals surface area contributed by atoms with E-state index in [2.05, 4.69) is 10.6 Å². The van der Waals surface area contributed by atoms with E-state index in [1.807, 2.05) is 37.4 Å². The second kappa shape index (κ2) is 8.59. The highest BCUT2D eigenvalue weighted by Gasteiger charge is 2.23. The molecular weight excluding hydrogens is 400 g/mol. The Morgan fingerprint density at radius 1 is 1.13 bits per heavy atom. The van der Waals surface area contributed by atoms with Crippen molar-refractivity contribution in [2.75, 3.05) is 17.2 Å². The summed E-state index contributed by atoms with van der Waals surface area (Å²) in [5.41, 5.74) is 2.61. The van der Waals surface area contributed by atoms with Crippen LogP contribution in [0.1, 0.15) is 39.4 Å². The van der Waals surface area contributed by atoms with Crippen molar-refractivity contribution in [3.05, 3.63) is 69.9 Å². The summed E-state index contributed by atoms with van der Waals surface area (Å²) in [5.74, 6) is 0.878. The van der Waals surface area contributed by atoms with Gasteiger partial charge in [0.2, 0.25) is 0 Å². The Labute approximate surface area is 178 Å². The number of nitrogens with one attached hydrogen (secondary N) is 2. The van der Waals surface area contributed by atoms with Crippen LogP contribution in [0.3, 0.4) is 0 Å². The van der Waals surface area contributed by atoms with Crippen LogP contribution in [0.15, 0.2) is 53.9 Å². The second-order valence-electron chi connectivity index (χ2n) is 6.99. The average Bonchev–Trinajstić information content (AvgIpc) is 3.37. The summed E-state index contributed by atoms with van der Waals surface area (Å²) in [6.07, 6.45) is 0.916. The predicted octanol–water partition coefficient (Wildman–Crippen LogP) is 4.97. The van der Waals surface area contributed by atoms with Gasteiger partial charge in [0.05, 0.1) is 17.2 Å². The lowest BCUT2D eigenvalue weighted by atomic mass is 10.1. The van der Waals surface area contributed by atoms with Crippen LogP contribution in [0.4, 0.5) is 11.4 Å². The molecule has 0 aliphatic carbocycles. The molecule has 7 heteroatoms. The average molecular weight is 423 g/mol. The fourth-order valence-electron chi connectivity index (χ4n) is 3.35. The Kier molecular flexibility index (Phi) is 5.72. The van der Waals surface area contributed by atoms with Crippen LogP contribution in [-0.2, 0) is 6.42 Å². The first-order valence-electron chi connectivity index (χ1n) is 9.76. The van der Waals surface area contributed by atoms with E-state index in [9.17, 15) is 9.59 Å². The Morgan fingerprint density at radius 3 is 2.77 bits per heavy atom. The summed E-state index contributed by atoms with van der Waals surface area (Å²) in [5, 5.41) is 7.57. The topological polar surface area (TPSA) is 76.7 Å². The Bertz CT molecular complexity index is 1080. The van der Waals surface area contributed by atoms with Gasteiger partial charge in [-0.2, -0.15) is 0 Å². The Hall–Kier alpha value is -3.32. The normalized spacial score (nSPS) is 14.5. The maximum atomic E-state index is 12.9. The number of rotatable bonds is 6. The maximum absolute atomic E-state index is 12.9. The summed E-state index contributed by atoms with van der Waals surface area (Å²) in [7, 11) is 0. The lowest BCUT2D eigenvalue weighted by Crippen LogP contribution is -2.15. The van der Waals surface area contributed by atoms with Gasteiger partial charge in [-0.05, 0) is 49.6 Å². The zero-order chi connectivity index (χ0) is 21.1. The number of thiophene rings is 1. The Balaban J connectivity index is 1.53. The lowest BCUT2D eigenvalue weighted by Gasteiger charge is -2.14. The third-order valence-corrected chi connectivity index (χ3v) is 5.54. The first kappa shape index (κ1) is 20.0. The van der Waals surface area contributed by atoms with Crippen LogP contribution in [-0.4, -0.2) is 24.5 Å². The summed E-state index contributed by atoms with van der Waals surface area (Å²) >= 11 is 1.36. The number of carbonyl (C=O) groups is 2. The third kappa shape index (κ3) is 4.31.